The highest BCUT2D eigenvalue weighted by molar-refractivity contribution is 14.1. The Hall–Kier alpha value is -0.310. The van der Waals surface area contributed by atoms with Crippen LogP contribution >= 0.6 is 23.0 Å². The van der Waals surface area contributed by atoms with Crippen LogP contribution in [0.4, 0.5) is 0 Å². The summed E-state index contributed by atoms with van der Waals surface area (Å²) in [6, 6.07) is 0. The molecule has 3 nitrogen and oxygen atoms in total. The van der Waals surface area contributed by atoms with E-state index >= 15 is 0 Å². The van der Waals surface area contributed by atoms with Gasteiger partial charge in [-0.25, -0.2) is 11.4 Å². The summed E-state index contributed by atoms with van der Waals surface area (Å²) in [7, 11) is 0. The van der Waals surface area contributed by atoms with Crippen molar-refractivity contribution in [1.29, 1.82) is 0 Å². The molecule has 0 aromatic rings. The van der Waals surface area contributed by atoms with Gasteiger partial charge in [0.25, 0.3) is 0 Å². The average molecular weight is 211 g/mol. The summed E-state index contributed by atoms with van der Waals surface area (Å²) in [5.41, 5.74) is 0. The molecule has 0 aliphatic heterocycles. The van der Waals surface area contributed by atoms with Gasteiger partial charge < -0.3 is 7.91 Å². The van der Waals surface area contributed by atoms with Crippen molar-refractivity contribution >= 4 is 29.0 Å². The topological polar surface area (TPSA) is 30.7 Å². The Morgan fingerprint density at radius 2 is 2.57 bits per heavy atom. The first-order valence-electron chi connectivity index (χ1n) is 1.46. The predicted molar refractivity (Wildman–Crippen MR) is 31.6 cm³/mol. The lowest BCUT2D eigenvalue weighted by molar-refractivity contribution is -0.129. The number of halogens is 1. The Morgan fingerprint density at radius 1 is 2.00 bits per heavy atom. The third kappa shape index (κ3) is 3.52. The Kier molecular flexibility index (Phi) is 3.69. The molecule has 0 radical (unpaired) electrons. The molecule has 0 amide bonds. The first-order chi connectivity index (χ1) is 3.31. The molecular weight excluding hydrogens is 209 g/mol. The van der Waals surface area contributed by atoms with Gasteiger partial charge in [0.1, 0.15) is 0 Å². The van der Waals surface area contributed by atoms with Crippen molar-refractivity contribution in [2.75, 3.05) is 6.54 Å². The second-order valence-electron chi connectivity index (χ2n) is 0.765. The van der Waals surface area contributed by atoms with Gasteiger partial charge in [0, 0.05) is 0 Å². The molecule has 0 atom stereocenters. The van der Waals surface area contributed by atoms with Crippen LogP contribution in [0.1, 0.15) is 0 Å². The Bertz CT molecular complexity index is 106. The zero-order chi connectivity index (χ0) is 5.70. The maximum atomic E-state index is 9.97. The number of hydrogen-bond donors (Lipinski definition) is 0. The first-order valence-corrected chi connectivity index (χ1v) is 2.34. The third-order valence-electron chi connectivity index (χ3n) is 0.294. The van der Waals surface area contributed by atoms with Gasteiger partial charge in [-0.2, -0.15) is 0 Å². The first kappa shape index (κ1) is 6.69. The highest BCUT2D eigenvalue weighted by atomic mass is 127. The minimum absolute atomic E-state index is 0.178. The molecule has 0 saturated carbocycles. The molecule has 0 aromatic carbocycles. The second-order valence-corrected chi connectivity index (χ2v) is 1.21. The Morgan fingerprint density at radius 3 is 2.71 bits per heavy atom. The monoisotopic (exact) mass is 211 g/mol. The zero-order valence-electron chi connectivity index (χ0n) is 3.35. The van der Waals surface area contributed by atoms with E-state index < -0.39 is 5.97 Å². The molecule has 0 bridgehead atoms. The van der Waals surface area contributed by atoms with Crippen molar-refractivity contribution < 1.29 is 7.86 Å². The lowest BCUT2D eigenvalue weighted by Crippen LogP contribution is -1.97. The van der Waals surface area contributed by atoms with Crippen molar-refractivity contribution in [1.82, 2.24) is 0 Å². The van der Waals surface area contributed by atoms with E-state index in [0.717, 1.165) is 0 Å². The molecular formula is C3H2INO2. The summed E-state index contributed by atoms with van der Waals surface area (Å²) in [5.74, 6) is -0.490. The molecule has 38 valence electrons. The molecule has 0 aromatic heterocycles. The SMILES string of the molecule is [C-]#[N+]CC(=O)OI. The smallest absolute Gasteiger partial charge is 0.389 e. The van der Waals surface area contributed by atoms with Crippen LogP contribution < -0.4 is 0 Å². The van der Waals surface area contributed by atoms with Crippen molar-refractivity contribution in [3.8, 4) is 0 Å². The highest BCUT2D eigenvalue weighted by Gasteiger charge is 1.99. The molecule has 0 N–H and O–H groups in total. The van der Waals surface area contributed by atoms with Gasteiger partial charge in [0.15, 0.2) is 23.0 Å². The number of carbonyl (C=O) groups excluding carboxylic acids is 1. The zero-order valence-corrected chi connectivity index (χ0v) is 5.51. The molecule has 0 heterocycles. The van der Waals surface area contributed by atoms with Crippen LogP contribution in [-0.4, -0.2) is 12.5 Å². The van der Waals surface area contributed by atoms with E-state index in [1.807, 2.05) is 0 Å². The molecule has 0 unspecified atom stereocenters. The number of carbonyl (C=O) groups is 1. The van der Waals surface area contributed by atoms with E-state index in [2.05, 4.69) is 7.91 Å². The molecule has 0 aliphatic carbocycles. The number of rotatable bonds is 1. The number of nitrogens with zero attached hydrogens (tertiary/aromatic N) is 1. The maximum Gasteiger partial charge on any atom is 0.396 e. The lowest BCUT2D eigenvalue weighted by atomic mass is 10.7. The van der Waals surface area contributed by atoms with Crippen LogP contribution in [0.2, 0.25) is 0 Å². The van der Waals surface area contributed by atoms with Gasteiger partial charge in [-0.15, -0.1) is 0 Å². The van der Waals surface area contributed by atoms with Crippen LogP contribution in [-0.2, 0) is 7.86 Å². The summed E-state index contributed by atoms with van der Waals surface area (Å²) in [6.07, 6.45) is 0. The van der Waals surface area contributed by atoms with Crippen molar-refractivity contribution in [3.63, 3.8) is 0 Å². The molecule has 0 rings (SSSR count). The molecule has 0 saturated heterocycles. The van der Waals surface area contributed by atoms with Gasteiger partial charge in [-0.3, -0.25) is 0 Å². The molecule has 0 aliphatic rings. The fraction of sp³-hybridized carbons (Fsp3) is 0.333. The van der Waals surface area contributed by atoms with Crippen LogP contribution in [0.5, 0.6) is 0 Å². The van der Waals surface area contributed by atoms with Gasteiger partial charge in [-0.05, 0) is 0 Å². The van der Waals surface area contributed by atoms with E-state index in [4.69, 9.17) is 6.57 Å². The minimum Gasteiger partial charge on any atom is -0.389 e. The highest BCUT2D eigenvalue weighted by Crippen LogP contribution is 1.86. The van der Waals surface area contributed by atoms with Gasteiger partial charge in [0.2, 0.25) is 0 Å². The second kappa shape index (κ2) is 3.87. The summed E-state index contributed by atoms with van der Waals surface area (Å²) < 4.78 is 4.11. The van der Waals surface area contributed by atoms with E-state index in [0.29, 0.717) is 0 Å². The van der Waals surface area contributed by atoms with Gasteiger partial charge >= 0.3 is 12.5 Å². The third-order valence-corrected chi connectivity index (χ3v) is 0.785. The van der Waals surface area contributed by atoms with E-state index in [-0.39, 0.29) is 6.54 Å². The summed E-state index contributed by atoms with van der Waals surface area (Å²) >= 11 is 1.44. The van der Waals surface area contributed by atoms with Gasteiger partial charge in [0.05, 0.1) is 0 Å². The molecule has 0 fully saturated rings. The van der Waals surface area contributed by atoms with E-state index in [1.54, 1.807) is 0 Å². The summed E-state index contributed by atoms with van der Waals surface area (Å²) in [4.78, 5) is 12.7. The quantitative estimate of drug-likeness (QED) is 0.474. The predicted octanol–water partition coefficient (Wildman–Crippen LogP) is 0.799. The van der Waals surface area contributed by atoms with E-state index in [1.165, 1.54) is 23.0 Å². The maximum absolute atomic E-state index is 9.97. The Balaban J connectivity index is 3.23. The standard InChI is InChI=1S/C3H2INO2/c1-5-2-3(6)7-4/h2H2. The number of hydrogen-bond acceptors (Lipinski definition) is 2. The molecule has 4 heteroatoms. The fourth-order valence-electron chi connectivity index (χ4n) is 0.0889. The van der Waals surface area contributed by atoms with Gasteiger partial charge in [-0.1, -0.05) is 0 Å². The van der Waals surface area contributed by atoms with Crippen LogP contribution in [0, 0.1) is 6.57 Å². The summed E-state index contributed by atoms with van der Waals surface area (Å²) in [6.45, 7) is 5.98. The fourth-order valence-corrected chi connectivity index (χ4v) is 0.228. The average Bonchev–Trinajstić information content (AvgIpc) is 1.68. The molecule has 7 heavy (non-hydrogen) atoms. The van der Waals surface area contributed by atoms with Crippen molar-refractivity contribution in [2.45, 2.75) is 0 Å². The van der Waals surface area contributed by atoms with E-state index in [9.17, 15) is 4.79 Å². The van der Waals surface area contributed by atoms with Crippen LogP contribution in [0.15, 0.2) is 0 Å². The largest absolute Gasteiger partial charge is 0.396 e. The Labute approximate surface area is 55.2 Å². The van der Waals surface area contributed by atoms with Crippen molar-refractivity contribution in [3.05, 3.63) is 11.4 Å². The normalized spacial score (nSPS) is 6.86. The van der Waals surface area contributed by atoms with Crippen LogP contribution in [0.3, 0.4) is 0 Å². The van der Waals surface area contributed by atoms with Crippen molar-refractivity contribution in [2.24, 2.45) is 0 Å². The van der Waals surface area contributed by atoms with Crippen LogP contribution in [0.25, 0.3) is 4.85 Å². The molecule has 0 spiro atoms. The lowest BCUT2D eigenvalue weighted by Gasteiger charge is -1.79. The summed E-state index contributed by atoms with van der Waals surface area (Å²) in [5, 5.41) is 0. The minimum atomic E-state index is -0.490.